The molecule has 0 aromatic rings. The van der Waals surface area contributed by atoms with Gasteiger partial charge in [0.15, 0.2) is 0 Å². The molecule has 3 saturated carbocycles. The zero-order valence-corrected chi connectivity index (χ0v) is 12.2. The van der Waals surface area contributed by atoms with Crippen molar-refractivity contribution in [2.24, 2.45) is 29.6 Å². The van der Waals surface area contributed by atoms with E-state index in [1.807, 2.05) is 0 Å². The van der Waals surface area contributed by atoms with Crippen LogP contribution >= 0.6 is 0 Å². The molecule has 3 aliphatic carbocycles. The highest BCUT2D eigenvalue weighted by atomic mass is 14.9. The van der Waals surface area contributed by atoms with E-state index < -0.39 is 0 Å². The number of rotatable bonds is 6. The molecule has 3 rings (SSSR count). The average Bonchev–Trinajstić information content (AvgIpc) is 3.07. The summed E-state index contributed by atoms with van der Waals surface area (Å²) >= 11 is 0. The van der Waals surface area contributed by atoms with E-state index >= 15 is 0 Å². The minimum Gasteiger partial charge on any atom is -0.316 e. The highest BCUT2D eigenvalue weighted by Crippen LogP contribution is 2.52. The molecule has 0 aromatic heterocycles. The van der Waals surface area contributed by atoms with Gasteiger partial charge in [0.1, 0.15) is 0 Å². The van der Waals surface area contributed by atoms with Crippen LogP contribution in [0.2, 0.25) is 0 Å². The van der Waals surface area contributed by atoms with Crippen LogP contribution in [0, 0.1) is 29.6 Å². The first-order valence-corrected chi connectivity index (χ1v) is 8.57. The summed E-state index contributed by atoms with van der Waals surface area (Å²) in [6, 6.07) is 0. The molecule has 0 amide bonds. The molecule has 1 heteroatoms. The predicted octanol–water partition coefficient (Wildman–Crippen LogP) is 4.23. The molecule has 1 nitrogen and oxygen atoms in total. The van der Waals surface area contributed by atoms with E-state index in [1.54, 1.807) is 32.1 Å². The van der Waals surface area contributed by atoms with Crippen molar-refractivity contribution in [3.63, 3.8) is 0 Å². The molecule has 2 bridgehead atoms. The van der Waals surface area contributed by atoms with Crippen molar-refractivity contribution < 1.29 is 0 Å². The van der Waals surface area contributed by atoms with Gasteiger partial charge in [-0.15, -0.1) is 0 Å². The third-order valence-electron chi connectivity index (χ3n) is 6.14. The van der Waals surface area contributed by atoms with Gasteiger partial charge >= 0.3 is 0 Å². The van der Waals surface area contributed by atoms with Crippen LogP contribution in [0.5, 0.6) is 0 Å². The molecule has 18 heavy (non-hydrogen) atoms. The first-order chi connectivity index (χ1) is 8.86. The Morgan fingerprint density at radius 2 is 1.83 bits per heavy atom. The van der Waals surface area contributed by atoms with Crippen molar-refractivity contribution in [3.05, 3.63) is 0 Å². The minimum atomic E-state index is 1.01. The quantitative estimate of drug-likeness (QED) is 0.695. The second-order valence-corrected chi connectivity index (χ2v) is 7.33. The van der Waals surface area contributed by atoms with Crippen molar-refractivity contribution in [1.29, 1.82) is 0 Å². The molecule has 1 N–H and O–H groups in total. The van der Waals surface area contributed by atoms with Gasteiger partial charge in [0, 0.05) is 0 Å². The standard InChI is InChI=1S/C17H31N/c1-2-8-18-12-16-5-3-4-14(16)11-17-10-13-6-7-15(17)9-13/h13-18H,2-12H2,1H3. The van der Waals surface area contributed by atoms with E-state index in [0.29, 0.717) is 0 Å². The van der Waals surface area contributed by atoms with Gasteiger partial charge in [0.05, 0.1) is 0 Å². The Kier molecular flexibility index (Phi) is 4.28. The third kappa shape index (κ3) is 2.76. The molecule has 0 aromatic carbocycles. The molecule has 5 atom stereocenters. The number of fused-ring (bicyclic) bond motifs is 2. The van der Waals surface area contributed by atoms with Crippen molar-refractivity contribution >= 4 is 0 Å². The molecule has 0 aliphatic heterocycles. The maximum Gasteiger partial charge on any atom is -0.00179 e. The Morgan fingerprint density at radius 1 is 0.944 bits per heavy atom. The van der Waals surface area contributed by atoms with E-state index in [4.69, 9.17) is 0 Å². The summed E-state index contributed by atoms with van der Waals surface area (Å²) in [7, 11) is 0. The topological polar surface area (TPSA) is 12.0 Å². The molecule has 0 spiro atoms. The third-order valence-corrected chi connectivity index (χ3v) is 6.14. The molecule has 3 fully saturated rings. The Morgan fingerprint density at radius 3 is 2.56 bits per heavy atom. The fourth-order valence-electron chi connectivity index (χ4n) is 5.21. The maximum absolute atomic E-state index is 3.67. The van der Waals surface area contributed by atoms with Crippen LogP contribution in [0.3, 0.4) is 0 Å². The van der Waals surface area contributed by atoms with E-state index in [1.165, 1.54) is 38.8 Å². The van der Waals surface area contributed by atoms with Crippen LogP contribution in [-0.4, -0.2) is 13.1 Å². The summed E-state index contributed by atoms with van der Waals surface area (Å²) in [6.45, 7) is 4.80. The summed E-state index contributed by atoms with van der Waals surface area (Å²) in [4.78, 5) is 0. The van der Waals surface area contributed by atoms with Crippen molar-refractivity contribution in [1.82, 2.24) is 5.32 Å². The summed E-state index contributed by atoms with van der Waals surface area (Å²) in [5, 5.41) is 3.67. The van der Waals surface area contributed by atoms with Crippen LogP contribution in [0.1, 0.15) is 64.7 Å². The van der Waals surface area contributed by atoms with Gasteiger partial charge in [-0.2, -0.15) is 0 Å². The zero-order valence-electron chi connectivity index (χ0n) is 12.2. The Bertz CT molecular complexity index is 262. The monoisotopic (exact) mass is 249 g/mol. The smallest absolute Gasteiger partial charge is 0.00179 e. The average molecular weight is 249 g/mol. The Labute approximate surface area is 113 Å². The minimum absolute atomic E-state index is 1.01. The second-order valence-electron chi connectivity index (χ2n) is 7.33. The molecule has 0 saturated heterocycles. The molecule has 0 heterocycles. The first kappa shape index (κ1) is 13.0. The first-order valence-electron chi connectivity index (χ1n) is 8.57. The molecular formula is C17H31N. The zero-order chi connectivity index (χ0) is 12.4. The van der Waals surface area contributed by atoms with Gasteiger partial charge in [-0.25, -0.2) is 0 Å². The molecule has 104 valence electrons. The van der Waals surface area contributed by atoms with Gasteiger partial charge in [-0.05, 0) is 81.2 Å². The molecule has 3 aliphatic rings. The van der Waals surface area contributed by atoms with Crippen LogP contribution in [-0.2, 0) is 0 Å². The summed E-state index contributed by atoms with van der Waals surface area (Å²) in [5.41, 5.74) is 0. The fourth-order valence-corrected chi connectivity index (χ4v) is 5.21. The Balaban J connectivity index is 1.46. The van der Waals surface area contributed by atoms with Crippen LogP contribution < -0.4 is 5.32 Å². The maximum atomic E-state index is 3.67. The summed E-state index contributed by atoms with van der Waals surface area (Å²) in [5.74, 6) is 5.48. The predicted molar refractivity (Wildman–Crippen MR) is 77.5 cm³/mol. The lowest BCUT2D eigenvalue weighted by molar-refractivity contribution is 0.233. The van der Waals surface area contributed by atoms with E-state index in [0.717, 1.165) is 29.6 Å². The lowest BCUT2D eigenvalue weighted by Gasteiger charge is -2.28. The van der Waals surface area contributed by atoms with Gasteiger partial charge in [-0.1, -0.05) is 26.2 Å². The largest absolute Gasteiger partial charge is 0.316 e. The van der Waals surface area contributed by atoms with Crippen molar-refractivity contribution in [3.8, 4) is 0 Å². The lowest BCUT2D eigenvalue weighted by atomic mass is 9.79. The number of hydrogen-bond acceptors (Lipinski definition) is 1. The summed E-state index contributed by atoms with van der Waals surface area (Å²) < 4.78 is 0. The van der Waals surface area contributed by atoms with Gasteiger partial charge in [-0.3, -0.25) is 0 Å². The SMILES string of the molecule is CCCNCC1CCCC1CC1CC2CCC1C2. The van der Waals surface area contributed by atoms with E-state index in [9.17, 15) is 0 Å². The van der Waals surface area contributed by atoms with Gasteiger partial charge < -0.3 is 5.32 Å². The normalized spacial score (nSPS) is 42.8. The van der Waals surface area contributed by atoms with Crippen LogP contribution in [0.15, 0.2) is 0 Å². The highest BCUT2D eigenvalue weighted by Gasteiger charge is 2.41. The number of hydrogen-bond donors (Lipinski definition) is 1. The Hall–Kier alpha value is -0.0400. The second kappa shape index (κ2) is 5.94. The van der Waals surface area contributed by atoms with Gasteiger partial charge in [0.25, 0.3) is 0 Å². The lowest BCUT2D eigenvalue weighted by Crippen LogP contribution is -2.27. The van der Waals surface area contributed by atoms with E-state index in [-0.39, 0.29) is 0 Å². The summed E-state index contributed by atoms with van der Waals surface area (Å²) in [6.07, 6.45) is 13.7. The molecule has 0 radical (unpaired) electrons. The van der Waals surface area contributed by atoms with Crippen LogP contribution in [0.4, 0.5) is 0 Å². The molecular weight excluding hydrogens is 218 g/mol. The fraction of sp³-hybridized carbons (Fsp3) is 1.00. The van der Waals surface area contributed by atoms with Crippen LogP contribution in [0.25, 0.3) is 0 Å². The molecule has 5 unspecified atom stereocenters. The van der Waals surface area contributed by atoms with Crippen molar-refractivity contribution in [2.45, 2.75) is 64.7 Å². The van der Waals surface area contributed by atoms with E-state index in [2.05, 4.69) is 12.2 Å². The number of nitrogens with one attached hydrogen (secondary N) is 1. The van der Waals surface area contributed by atoms with Crippen molar-refractivity contribution in [2.75, 3.05) is 13.1 Å². The highest BCUT2D eigenvalue weighted by molar-refractivity contribution is 4.92. The van der Waals surface area contributed by atoms with Gasteiger partial charge in [0.2, 0.25) is 0 Å².